The van der Waals surface area contributed by atoms with Crippen LogP contribution in [-0.4, -0.2) is 36.9 Å². The van der Waals surface area contributed by atoms with Crippen molar-refractivity contribution in [3.8, 4) is 22.1 Å². The second-order valence-electron chi connectivity index (χ2n) is 7.16. The lowest BCUT2D eigenvalue weighted by atomic mass is 10.1. The molecule has 1 aromatic heterocycles. The van der Waals surface area contributed by atoms with Crippen LogP contribution in [0, 0.1) is 11.7 Å². The molecule has 0 aliphatic carbocycles. The van der Waals surface area contributed by atoms with Crippen molar-refractivity contribution in [2.24, 2.45) is 5.92 Å². The lowest BCUT2D eigenvalue weighted by molar-refractivity contribution is -0.118. The number of carbonyl (C=O) groups excluding carboxylic acids is 1. The topological polar surface area (TPSA) is 64.5 Å². The highest BCUT2D eigenvalue weighted by molar-refractivity contribution is 7.18. The standard InChI is InChI=1S/C22H24FN3O3S/c1-14(2)13-26(20(27)12-15-5-10-18(28-3)19(11-15)29-4)22-25-24-21(30-22)16-6-8-17(23)9-7-16/h5-11,14H,12-13H2,1-4H3. The van der Waals surface area contributed by atoms with E-state index in [1.54, 1.807) is 43.4 Å². The minimum atomic E-state index is -0.310. The van der Waals surface area contributed by atoms with E-state index in [4.69, 9.17) is 9.47 Å². The summed E-state index contributed by atoms with van der Waals surface area (Å²) in [7, 11) is 3.13. The van der Waals surface area contributed by atoms with Crippen molar-refractivity contribution in [2.45, 2.75) is 20.3 Å². The van der Waals surface area contributed by atoms with Gasteiger partial charge in [-0.15, -0.1) is 10.2 Å². The summed E-state index contributed by atoms with van der Waals surface area (Å²) < 4.78 is 23.8. The maximum Gasteiger partial charge on any atom is 0.233 e. The minimum absolute atomic E-state index is 0.0854. The number of methoxy groups -OCH3 is 2. The zero-order valence-electron chi connectivity index (χ0n) is 17.4. The lowest BCUT2D eigenvalue weighted by Crippen LogP contribution is -2.35. The molecule has 1 heterocycles. The van der Waals surface area contributed by atoms with E-state index in [1.807, 2.05) is 19.9 Å². The minimum Gasteiger partial charge on any atom is -0.493 e. The fourth-order valence-corrected chi connectivity index (χ4v) is 3.82. The van der Waals surface area contributed by atoms with Crippen molar-refractivity contribution in [1.82, 2.24) is 10.2 Å². The molecule has 2 aromatic carbocycles. The molecule has 0 saturated heterocycles. The molecule has 0 aliphatic rings. The summed E-state index contributed by atoms with van der Waals surface area (Å²) >= 11 is 1.31. The summed E-state index contributed by atoms with van der Waals surface area (Å²) in [5.74, 6) is 1.04. The van der Waals surface area contributed by atoms with Crippen LogP contribution in [0.1, 0.15) is 19.4 Å². The Kier molecular flexibility index (Phi) is 6.99. The summed E-state index contributed by atoms with van der Waals surface area (Å²) in [5, 5.41) is 9.59. The average Bonchev–Trinajstić information content (AvgIpc) is 3.22. The third-order valence-corrected chi connectivity index (χ3v) is 5.38. The van der Waals surface area contributed by atoms with E-state index in [-0.39, 0.29) is 24.1 Å². The van der Waals surface area contributed by atoms with E-state index in [0.29, 0.717) is 28.2 Å². The number of rotatable bonds is 8. The highest BCUT2D eigenvalue weighted by Gasteiger charge is 2.22. The van der Waals surface area contributed by atoms with Gasteiger partial charge in [-0.05, 0) is 47.9 Å². The molecule has 0 spiro atoms. The second kappa shape index (κ2) is 9.67. The van der Waals surface area contributed by atoms with Crippen molar-refractivity contribution < 1.29 is 18.7 Å². The molecule has 158 valence electrons. The Balaban J connectivity index is 1.84. The predicted molar refractivity (Wildman–Crippen MR) is 116 cm³/mol. The summed E-state index contributed by atoms with van der Waals surface area (Å²) in [6, 6.07) is 11.5. The summed E-state index contributed by atoms with van der Waals surface area (Å²) in [4.78, 5) is 14.8. The van der Waals surface area contributed by atoms with Crippen LogP contribution in [0.15, 0.2) is 42.5 Å². The second-order valence-corrected chi connectivity index (χ2v) is 8.12. The number of hydrogen-bond donors (Lipinski definition) is 0. The van der Waals surface area contributed by atoms with Crippen molar-refractivity contribution >= 4 is 22.4 Å². The maximum absolute atomic E-state index is 13.2. The van der Waals surface area contributed by atoms with Gasteiger partial charge in [0, 0.05) is 12.1 Å². The molecule has 30 heavy (non-hydrogen) atoms. The molecule has 0 bridgehead atoms. The SMILES string of the molecule is COc1ccc(CC(=O)N(CC(C)C)c2nnc(-c3ccc(F)cc3)s2)cc1OC. The van der Waals surface area contributed by atoms with Gasteiger partial charge in [-0.2, -0.15) is 0 Å². The largest absolute Gasteiger partial charge is 0.493 e. The molecule has 0 unspecified atom stereocenters. The molecule has 3 rings (SSSR count). The van der Waals surface area contributed by atoms with Crippen molar-refractivity contribution in [2.75, 3.05) is 25.7 Å². The highest BCUT2D eigenvalue weighted by atomic mass is 32.1. The Hall–Kier alpha value is -3.00. The first-order valence-electron chi connectivity index (χ1n) is 9.52. The number of hydrogen-bond acceptors (Lipinski definition) is 6. The average molecular weight is 430 g/mol. The van der Waals surface area contributed by atoms with Crippen molar-refractivity contribution in [3.63, 3.8) is 0 Å². The van der Waals surface area contributed by atoms with Gasteiger partial charge in [0.15, 0.2) is 11.5 Å². The molecule has 0 fully saturated rings. The van der Waals surface area contributed by atoms with Crippen LogP contribution in [0.5, 0.6) is 11.5 Å². The van der Waals surface area contributed by atoms with E-state index in [0.717, 1.165) is 11.1 Å². The maximum atomic E-state index is 13.2. The predicted octanol–water partition coefficient (Wildman–Crippen LogP) is 4.59. The zero-order chi connectivity index (χ0) is 21.7. The van der Waals surface area contributed by atoms with E-state index in [9.17, 15) is 9.18 Å². The van der Waals surface area contributed by atoms with Crippen LogP contribution in [0.25, 0.3) is 10.6 Å². The third kappa shape index (κ3) is 5.13. The molecule has 6 nitrogen and oxygen atoms in total. The number of ether oxygens (including phenoxy) is 2. The van der Waals surface area contributed by atoms with Crippen molar-refractivity contribution in [3.05, 3.63) is 53.8 Å². The van der Waals surface area contributed by atoms with Crippen LogP contribution < -0.4 is 14.4 Å². The number of amides is 1. The number of aromatic nitrogens is 2. The fraction of sp³-hybridized carbons (Fsp3) is 0.318. The lowest BCUT2D eigenvalue weighted by Gasteiger charge is -2.21. The quantitative estimate of drug-likeness (QED) is 0.524. The Morgan fingerprint density at radius 3 is 2.40 bits per heavy atom. The third-order valence-electron chi connectivity index (χ3n) is 4.39. The Bertz CT molecular complexity index is 1010. The summed E-state index contributed by atoms with van der Waals surface area (Å²) in [6.07, 6.45) is 0.193. The molecule has 0 radical (unpaired) electrons. The zero-order valence-corrected chi connectivity index (χ0v) is 18.2. The van der Waals surface area contributed by atoms with E-state index in [1.165, 1.54) is 23.5 Å². The molecule has 0 saturated carbocycles. The molecule has 3 aromatic rings. The number of nitrogens with zero attached hydrogens (tertiary/aromatic N) is 3. The van der Waals surface area contributed by atoms with Gasteiger partial charge in [-0.3, -0.25) is 9.69 Å². The molecular weight excluding hydrogens is 405 g/mol. The normalized spacial score (nSPS) is 10.9. The highest BCUT2D eigenvalue weighted by Crippen LogP contribution is 2.31. The number of benzene rings is 2. The number of halogens is 1. The fourth-order valence-electron chi connectivity index (χ4n) is 2.95. The van der Waals surface area contributed by atoms with Crippen LogP contribution in [0.4, 0.5) is 9.52 Å². The molecule has 0 aliphatic heterocycles. The summed E-state index contributed by atoms with van der Waals surface area (Å²) in [6.45, 7) is 4.60. The summed E-state index contributed by atoms with van der Waals surface area (Å²) in [5.41, 5.74) is 1.58. The van der Waals surface area contributed by atoms with Gasteiger partial charge in [-0.25, -0.2) is 4.39 Å². The Morgan fingerprint density at radius 1 is 1.07 bits per heavy atom. The molecule has 0 N–H and O–H groups in total. The van der Waals surface area contributed by atoms with Gasteiger partial charge in [0.2, 0.25) is 11.0 Å². The van der Waals surface area contributed by atoms with Gasteiger partial charge in [0.1, 0.15) is 10.8 Å². The van der Waals surface area contributed by atoms with Crippen LogP contribution in [-0.2, 0) is 11.2 Å². The van der Waals surface area contributed by atoms with E-state index in [2.05, 4.69) is 10.2 Å². The molecular formula is C22H24FN3O3S. The first kappa shape index (κ1) is 21.7. The van der Waals surface area contributed by atoms with Gasteiger partial charge in [0.25, 0.3) is 0 Å². The first-order chi connectivity index (χ1) is 14.4. The first-order valence-corrected chi connectivity index (χ1v) is 10.3. The van der Waals surface area contributed by atoms with Crippen LogP contribution >= 0.6 is 11.3 Å². The van der Waals surface area contributed by atoms with Gasteiger partial charge in [-0.1, -0.05) is 31.3 Å². The Morgan fingerprint density at radius 2 is 1.77 bits per heavy atom. The number of carbonyl (C=O) groups is 1. The van der Waals surface area contributed by atoms with Crippen LogP contribution in [0.2, 0.25) is 0 Å². The van der Waals surface area contributed by atoms with E-state index >= 15 is 0 Å². The molecule has 8 heteroatoms. The molecule has 0 atom stereocenters. The van der Waals surface area contributed by atoms with Gasteiger partial charge in [0.05, 0.1) is 20.6 Å². The van der Waals surface area contributed by atoms with Crippen LogP contribution in [0.3, 0.4) is 0 Å². The monoisotopic (exact) mass is 429 g/mol. The van der Waals surface area contributed by atoms with E-state index < -0.39 is 0 Å². The van der Waals surface area contributed by atoms with Gasteiger partial charge < -0.3 is 9.47 Å². The smallest absolute Gasteiger partial charge is 0.233 e. The Labute approximate surface area is 179 Å². The molecule has 1 amide bonds. The van der Waals surface area contributed by atoms with Crippen molar-refractivity contribution in [1.29, 1.82) is 0 Å². The van der Waals surface area contributed by atoms with Gasteiger partial charge >= 0.3 is 0 Å². The number of anilines is 1.